The summed E-state index contributed by atoms with van der Waals surface area (Å²) in [7, 11) is 0. The Balaban J connectivity index is 1.72. The van der Waals surface area contributed by atoms with Gasteiger partial charge in [0.05, 0.1) is 0 Å². The Morgan fingerprint density at radius 1 is 0.957 bits per heavy atom. The van der Waals surface area contributed by atoms with Crippen LogP contribution in [0.3, 0.4) is 0 Å². The van der Waals surface area contributed by atoms with E-state index in [1.807, 2.05) is 42.5 Å². The van der Waals surface area contributed by atoms with Crippen molar-refractivity contribution in [3.05, 3.63) is 60.2 Å². The van der Waals surface area contributed by atoms with Crippen molar-refractivity contribution in [2.24, 2.45) is 5.73 Å². The molecule has 4 heteroatoms. The molecule has 0 saturated carbocycles. The summed E-state index contributed by atoms with van der Waals surface area (Å²) >= 11 is 0. The number of hydrogen-bond donors (Lipinski definition) is 2. The Morgan fingerprint density at radius 3 is 2.22 bits per heavy atom. The predicted molar refractivity (Wildman–Crippen MR) is 94.5 cm³/mol. The zero-order valence-electron chi connectivity index (χ0n) is 13.2. The summed E-state index contributed by atoms with van der Waals surface area (Å²) in [5.74, 6) is -0.378. The third-order valence-electron chi connectivity index (χ3n) is 4.32. The van der Waals surface area contributed by atoms with E-state index >= 15 is 0 Å². The number of anilines is 2. The van der Waals surface area contributed by atoms with E-state index < -0.39 is 6.04 Å². The van der Waals surface area contributed by atoms with Crippen LogP contribution in [-0.4, -0.2) is 19.0 Å². The zero-order chi connectivity index (χ0) is 16.1. The van der Waals surface area contributed by atoms with Gasteiger partial charge in [0.2, 0.25) is 5.91 Å². The van der Waals surface area contributed by atoms with Crippen molar-refractivity contribution in [2.45, 2.75) is 25.3 Å². The summed E-state index contributed by atoms with van der Waals surface area (Å²) in [5.41, 5.74) is 8.57. The molecule has 120 valence electrons. The molecule has 0 radical (unpaired) electrons. The summed E-state index contributed by atoms with van der Waals surface area (Å²) in [4.78, 5) is 14.2. The first-order valence-corrected chi connectivity index (χ1v) is 8.20. The van der Waals surface area contributed by atoms with E-state index in [1.54, 1.807) is 0 Å². The fourth-order valence-electron chi connectivity index (χ4n) is 3.05. The van der Waals surface area contributed by atoms with Gasteiger partial charge in [-0.2, -0.15) is 0 Å². The molecule has 1 atom stereocenters. The van der Waals surface area contributed by atoms with E-state index in [0.717, 1.165) is 24.3 Å². The Morgan fingerprint density at radius 2 is 1.61 bits per heavy atom. The van der Waals surface area contributed by atoms with Gasteiger partial charge < -0.3 is 16.0 Å². The second-order valence-corrected chi connectivity index (χ2v) is 5.98. The average molecular weight is 309 g/mol. The molecule has 2 aromatic carbocycles. The van der Waals surface area contributed by atoms with Crippen molar-refractivity contribution in [3.8, 4) is 0 Å². The number of rotatable bonds is 5. The lowest BCUT2D eigenvalue weighted by Gasteiger charge is -2.29. The van der Waals surface area contributed by atoms with E-state index in [2.05, 4.69) is 22.3 Å². The number of nitrogens with one attached hydrogen (secondary N) is 1. The lowest BCUT2D eigenvalue weighted by molar-refractivity contribution is -0.118. The molecule has 1 heterocycles. The summed E-state index contributed by atoms with van der Waals surface area (Å²) in [6.45, 7) is 2.25. The van der Waals surface area contributed by atoms with Crippen LogP contribution in [0.15, 0.2) is 54.6 Å². The van der Waals surface area contributed by atoms with Crippen LogP contribution in [0.5, 0.6) is 0 Å². The first kappa shape index (κ1) is 15.4. The number of hydrogen-bond acceptors (Lipinski definition) is 3. The first-order chi connectivity index (χ1) is 11.2. The minimum atomic E-state index is -0.517. The largest absolute Gasteiger partial charge is 0.372 e. The molecular weight excluding hydrogens is 286 g/mol. The molecule has 2 aromatic rings. The van der Waals surface area contributed by atoms with Crippen LogP contribution >= 0.6 is 0 Å². The molecule has 1 fully saturated rings. The highest BCUT2D eigenvalue weighted by atomic mass is 16.1. The highest BCUT2D eigenvalue weighted by Crippen LogP contribution is 2.24. The third kappa shape index (κ3) is 3.83. The SMILES string of the molecule is NC(=O)C(Nc1ccc(N2CCCCC2)cc1)c1ccccc1. The molecule has 1 aliphatic rings. The van der Waals surface area contributed by atoms with E-state index in [1.165, 1.54) is 24.9 Å². The van der Waals surface area contributed by atoms with Crippen molar-refractivity contribution in [1.82, 2.24) is 0 Å². The van der Waals surface area contributed by atoms with Crippen molar-refractivity contribution in [1.29, 1.82) is 0 Å². The van der Waals surface area contributed by atoms with E-state index in [-0.39, 0.29) is 5.91 Å². The van der Waals surface area contributed by atoms with Gasteiger partial charge in [-0.3, -0.25) is 4.79 Å². The van der Waals surface area contributed by atoms with Crippen LogP contribution in [0.25, 0.3) is 0 Å². The lowest BCUT2D eigenvalue weighted by Crippen LogP contribution is -2.29. The van der Waals surface area contributed by atoms with Gasteiger partial charge in [-0.05, 0) is 49.1 Å². The molecule has 1 saturated heterocycles. The van der Waals surface area contributed by atoms with Gasteiger partial charge >= 0.3 is 0 Å². The smallest absolute Gasteiger partial charge is 0.244 e. The molecule has 1 amide bonds. The van der Waals surface area contributed by atoms with E-state index in [9.17, 15) is 4.79 Å². The Kier molecular flexibility index (Phi) is 4.81. The Bertz CT molecular complexity index is 633. The Hall–Kier alpha value is -2.49. The number of amides is 1. The molecule has 0 spiro atoms. The quantitative estimate of drug-likeness (QED) is 0.891. The van der Waals surface area contributed by atoms with Crippen LogP contribution in [0.1, 0.15) is 30.9 Å². The van der Waals surface area contributed by atoms with Crippen LogP contribution in [0, 0.1) is 0 Å². The second-order valence-electron chi connectivity index (χ2n) is 5.98. The first-order valence-electron chi connectivity index (χ1n) is 8.20. The lowest BCUT2D eigenvalue weighted by atomic mass is 10.1. The van der Waals surface area contributed by atoms with Gasteiger partial charge in [-0.15, -0.1) is 0 Å². The van der Waals surface area contributed by atoms with Gasteiger partial charge in [-0.25, -0.2) is 0 Å². The fourth-order valence-corrected chi connectivity index (χ4v) is 3.05. The minimum absolute atomic E-state index is 0.378. The summed E-state index contributed by atoms with van der Waals surface area (Å²) in [5, 5.41) is 3.23. The molecular formula is C19H23N3O. The van der Waals surface area contributed by atoms with Crippen molar-refractivity contribution in [3.63, 3.8) is 0 Å². The van der Waals surface area contributed by atoms with E-state index in [4.69, 9.17) is 5.73 Å². The van der Waals surface area contributed by atoms with Crippen LogP contribution in [-0.2, 0) is 4.79 Å². The third-order valence-corrected chi connectivity index (χ3v) is 4.32. The van der Waals surface area contributed by atoms with Crippen molar-refractivity contribution >= 4 is 17.3 Å². The molecule has 0 aliphatic carbocycles. The standard InChI is InChI=1S/C19H23N3O/c20-19(23)18(15-7-3-1-4-8-15)21-16-9-11-17(12-10-16)22-13-5-2-6-14-22/h1,3-4,7-12,18,21H,2,5-6,13-14H2,(H2,20,23). The predicted octanol–water partition coefficient (Wildman–Crippen LogP) is 3.32. The highest BCUT2D eigenvalue weighted by molar-refractivity contribution is 5.84. The molecule has 4 nitrogen and oxygen atoms in total. The zero-order valence-corrected chi connectivity index (χ0v) is 13.2. The number of carbonyl (C=O) groups excluding carboxylic acids is 1. The summed E-state index contributed by atoms with van der Waals surface area (Å²) in [6, 6.07) is 17.3. The minimum Gasteiger partial charge on any atom is -0.372 e. The molecule has 1 unspecified atom stereocenters. The Labute approximate surface area is 137 Å². The maximum absolute atomic E-state index is 11.8. The summed E-state index contributed by atoms with van der Waals surface area (Å²) in [6.07, 6.45) is 3.85. The second kappa shape index (κ2) is 7.18. The number of piperidine rings is 1. The molecule has 0 bridgehead atoms. The molecule has 3 rings (SSSR count). The molecule has 3 N–H and O–H groups in total. The maximum atomic E-state index is 11.8. The summed E-state index contributed by atoms with van der Waals surface area (Å²) < 4.78 is 0. The van der Waals surface area contributed by atoms with Crippen LogP contribution in [0.2, 0.25) is 0 Å². The van der Waals surface area contributed by atoms with Crippen LogP contribution < -0.4 is 16.0 Å². The highest BCUT2D eigenvalue weighted by Gasteiger charge is 2.17. The average Bonchev–Trinajstić information content (AvgIpc) is 2.61. The van der Waals surface area contributed by atoms with Crippen molar-refractivity contribution < 1.29 is 4.79 Å². The topological polar surface area (TPSA) is 58.4 Å². The maximum Gasteiger partial charge on any atom is 0.244 e. The van der Waals surface area contributed by atoms with Gasteiger partial charge in [0.25, 0.3) is 0 Å². The molecule has 23 heavy (non-hydrogen) atoms. The number of carbonyl (C=O) groups is 1. The number of primary amides is 1. The van der Waals surface area contributed by atoms with Gasteiger partial charge in [-0.1, -0.05) is 30.3 Å². The molecule has 1 aliphatic heterocycles. The van der Waals surface area contributed by atoms with Crippen LogP contribution in [0.4, 0.5) is 11.4 Å². The fraction of sp³-hybridized carbons (Fsp3) is 0.316. The number of nitrogens with zero attached hydrogens (tertiary/aromatic N) is 1. The van der Waals surface area contributed by atoms with Gasteiger partial charge in [0, 0.05) is 24.5 Å². The number of nitrogens with two attached hydrogens (primary N) is 1. The molecule has 0 aromatic heterocycles. The normalized spacial score (nSPS) is 15.9. The van der Waals surface area contributed by atoms with Crippen molar-refractivity contribution in [2.75, 3.05) is 23.3 Å². The van der Waals surface area contributed by atoms with E-state index in [0.29, 0.717) is 0 Å². The van der Waals surface area contributed by atoms with Gasteiger partial charge in [0.1, 0.15) is 6.04 Å². The number of benzene rings is 2. The monoisotopic (exact) mass is 309 g/mol. The van der Waals surface area contributed by atoms with Gasteiger partial charge in [0.15, 0.2) is 0 Å².